The SMILES string of the molecule is CN(CC1CCCO1)C(=O)NCC1(C(=O)O)CCOCC1. The highest BCUT2D eigenvalue weighted by atomic mass is 16.5. The predicted molar refractivity (Wildman–Crippen MR) is 75.1 cm³/mol. The summed E-state index contributed by atoms with van der Waals surface area (Å²) in [4.78, 5) is 25.1. The molecule has 1 unspecified atom stereocenters. The normalized spacial score (nSPS) is 24.5. The number of carboxylic acid groups (broad SMARTS) is 1. The summed E-state index contributed by atoms with van der Waals surface area (Å²) in [6, 6.07) is -0.252. The number of ether oxygens (including phenoxy) is 2. The zero-order valence-electron chi connectivity index (χ0n) is 12.5. The van der Waals surface area contributed by atoms with Crippen molar-refractivity contribution in [2.24, 2.45) is 5.41 Å². The number of carbonyl (C=O) groups is 2. The standard InChI is InChI=1S/C14H24N2O5/c1-16(9-11-3-2-6-21-11)13(19)15-10-14(12(17)18)4-7-20-8-5-14/h11H,2-10H2,1H3,(H,15,19)(H,17,18). The molecule has 0 radical (unpaired) electrons. The van der Waals surface area contributed by atoms with E-state index in [0.29, 0.717) is 32.6 Å². The second-order valence-electron chi connectivity index (χ2n) is 5.87. The molecule has 7 heteroatoms. The van der Waals surface area contributed by atoms with Crippen molar-refractivity contribution in [3.05, 3.63) is 0 Å². The average Bonchev–Trinajstić information content (AvgIpc) is 2.98. The molecule has 120 valence electrons. The van der Waals surface area contributed by atoms with Crippen LogP contribution in [0.1, 0.15) is 25.7 Å². The number of nitrogens with one attached hydrogen (secondary N) is 1. The molecule has 21 heavy (non-hydrogen) atoms. The van der Waals surface area contributed by atoms with Gasteiger partial charge in [0.2, 0.25) is 0 Å². The molecule has 2 rings (SSSR count). The van der Waals surface area contributed by atoms with Gasteiger partial charge in [-0.25, -0.2) is 4.79 Å². The molecule has 2 N–H and O–H groups in total. The highest BCUT2D eigenvalue weighted by Gasteiger charge is 2.40. The van der Waals surface area contributed by atoms with Gasteiger partial charge in [-0.1, -0.05) is 0 Å². The molecule has 1 atom stereocenters. The van der Waals surface area contributed by atoms with Crippen molar-refractivity contribution >= 4 is 12.0 Å². The molecule has 0 saturated carbocycles. The molecule has 0 spiro atoms. The van der Waals surface area contributed by atoms with Gasteiger partial charge in [-0.15, -0.1) is 0 Å². The van der Waals surface area contributed by atoms with E-state index in [4.69, 9.17) is 9.47 Å². The minimum atomic E-state index is -0.904. The smallest absolute Gasteiger partial charge is 0.317 e. The van der Waals surface area contributed by atoms with E-state index in [-0.39, 0.29) is 18.7 Å². The van der Waals surface area contributed by atoms with Gasteiger partial charge in [0.25, 0.3) is 0 Å². The van der Waals surface area contributed by atoms with Crippen molar-refractivity contribution in [2.45, 2.75) is 31.8 Å². The number of rotatable bonds is 5. The fraction of sp³-hybridized carbons (Fsp3) is 0.857. The Morgan fingerprint density at radius 2 is 2.05 bits per heavy atom. The third-order valence-corrected chi connectivity index (χ3v) is 4.33. The Morgan fingerprint density at radius 1 is 1.33 bits per heavy atom. The van der Waals surface area contributed by atoms with Crippen LogP contribution in [0.2, 0.25) is 0 Å². The van der Waals surface area contributed by atoms with Crippen LogP contribution in [-0.4, -0.2) is 68.1 Å². The van der Waals surface area contributed by atoms with Gasteiger partial charge in [0.05, 0.1) is 11.5 Å². The average molecular weight is 300 g/mol. The molecule has 0 aliphatic carbocycles. The van der Waals surface area contributed by atoms with Gasteiger partial charge < -0.3 is 24.8 Å². The van der Waals surface area contributed by atoms with Gasteiger partial charge in [0, 0.05) is 40.0 Å². The fourth-order valence-electron chi connectivity index (χ4n) is 2.78. The number of carboxylic acids is 1. The van der Waals surface area contributed by atoms with E-state index in [0.717, 1.165) is 19.4 Å². The molecule has 2 fully saturated rings. The van der Waals surface area contributed by atoms with E-state index in [9.17, 15) is 14.7 Å². The number of hydrogen-bond acceptors (Lipinski definition) is 4. The quantitative estimate of drug-likeness (QED) is 0.780. The maximum absolute atomic E-state index is 12.1. The van der Waals surface area contributed by atoms with Crippen molar-refractivity contribution in [3.8, 4) is 0 Å². The van der Waals surface area contributed by atoms with E-state index in [2.05, 4.69) is 5.32 Å². The van der Waals surface area contributed by atoms with Crippen LogP contribution in [0.3, 0.4) is 0 Å². The molecule has 0 aromatic carbocycles. The van der Waals surface area contributed by atoms with Gasteiger partial charge in [0.15, 0.2) is 0 Å². The van der Waals surface area contributed by atoms with E-state index < -0.39 is 11.4 Å². The summed E-state index contributed by atoms with van der Waals surface area (Å²) in [5.41, 5.74) is -0.904. The monoisotopic (exact) mass is 300 g/mol. The highest BCUT2D eigenvalue weighted by Crippen LogP contribution is 2.30. The van der Waals surface area contributed by atoms with Crippen LogP contribution in [0.25, 0.3) is 0 Å². The largest absolute Gasteiger partial charge is 0.481 e. The van der Waals surface area contributed by atoms with Gasteiger partial charge in [-0.3, -0.25) is 4.79 Å². The first kappa shape index (κ1) is 16.0. The minimum absolute atomic E-state index is 0.0947. The topological polar surface area (TPSA) is 88.1 Å². The predicted octanol–water partition coefficient (Wildman–Crippen LogP) is 0.688. The lowest BCUT2D eigenvalue weighted by molar-refractivity contribution is -0.154. The molecule has 0 bridgehead atoms. The number of likely N-dealkylation sites (N-methyl/N-ethyl adjacent to an activating group) is 1. The van der Waals surface area contributed by atoms with Gasteiger partial charge >= 0.3 is 12.0 Å². The zero-order chi connectivity index (χ0) is 15.3. The van der Waals surface area contributed by atoms with Gasteiger partial charge in [-0.05, 0) is 25.7 Å². The number of carbonyl (C=O) groups excluding carboxylic acids is 1. The van der Waals surface area contributed by atoms with Crippen LogP contribution in [0.4, 0.5) is 4.79 Å². The number of amides is 2. The Labute approximate surface area is 124 Å². The minimum Gasteiger partial charge on any atom is -0.481 e. The van der Waals surface area contributed by atoms with Crippen LogP contribution in [0, 0.1) is 5.41 Å². The molecule has 2 aliphatic heterocycles. The number of urea groups is 1. The van der Waals surface area contributed by atoms with E-state index in [1.54, 1.807) is 11.9 Å². The van der Waals surface area contributed by atoms with Crippen molar-refractivity contribution in [1.82, 2.24) is 10.2 Å². The molecule has 2 heterocycles. The number of aliphatic carboxylic acids is 1. The van der Waals surface area contributed by atoms with E-state index >= 15 is 0 Å². The Morgan fingerprint density at radius 3 is 2.62 bits per heavy atom. The highest BCUT2D eigenvalue weighted by molar-refractivity contribution is 5.78. The maximum atomic E-state index is 12.1. The Hall–Kier alpha value is -1.34. The summed E-state index contributed by atoms with van der Waals surface area (Å²) in [5.74, 6) is -0.868. The van der Waals surface area contributed by atoms with Crippen LogP contribution >= 0.6 is 0 Å². The Balaban J connectivity index is 1.82. The third-order valence-electron chi connectivity index (χ3n) is 4.33. The molecule has 2 saturated heterocycles. The first-order valence-electron chi connectivity index (χ1n) is 7.45. The van der Waals surface area contributed by atoms with Crippen LogP contribution in [0.15, 0.2) is 0 Å². The van der Waals surface area contributed by atoms with Crippen LogP contribution < -0.4 is 5.32 Å². The van der Waals surface area contributed by atoms with Gasteiger partial charge in [-0.2, -0.15) is 0 Å². The van der Waals surface area contributed by atoms with Crippen molar-refractivity contribution in [2.75, 3.05) is 40.0 Å². The lowest BCUT2D eigenvalue weighted by Crippen LogP contribution is -2.50. The molecular weight excluding hydrogens is 276 g/mol. The molecular formula is C14H24N2O5. The summed E-state index contributed by atoms with van der Waals surface area (Å²) in [5, 5.41) is 12.2. The molecule has 2 aliphatic rings. The summed E-state index contributed by atoms with van der Waals surface area (Å²) in [7, 11) is 1.70. The lowest BCUT2D eigenvalue weighted by Gasteiger charge is -2.33. The van der Waals surface area contributed by atoms with Crippen LogP contribution in [-0.2, 0) is 14.3 Å². The summed E-state index contributed by atoms with van der Waals surface area (Å²) < 4.78 is 10.7. The Bertz CT molecular complexity index is 376. The number of hydrogen-bond donors (Lipinski definition) is 2. The molecule has 0 aromatic rings. The van der Waals surface area contributed by atoms with Gasteiger partial charge in [0.1, 0.15) is 0 Å². The second-order valence-corrected chi connectivity index (χ2v) is 5.87. The third kappa shape index (κ3) is 4.07. The van der Waals surface area contributed by atoms with Crippen LogP contribution in [0.5, 0.6) is 0 Å². The first-order valence-corrected chi connectivity index (χ1v) is 7.45. The summed E-state index contributed by atoms with van der Waals surface area (Å²) in [6.45, 7) is 2.28. The van der Waals surface area contributed by atoms with Crippen molar-refractivity contribution < 1.29 is 24.2 Å². The number of nitrogens with zero attached hydrogens (tertiary/aromatic N) is 1. The maximum Gasteiger partial charge on any atom is 0.317 e. The van der Waals surface area contributed by atoms with E-state index in [1.807, 2.05) is 0 Å². The second kappa shape index (κ2) is 7.09. The molecule has 7 nitrogen and oxygen atoms in total. The summed E-state index contributed by atoms with van der Waals surface area (Å²) >= 11 is 0. The fourth-order valence-corrected chi connectivity index (χ4v) is 2.78. The first-order chi connectivity index (χ1) is 10.0. The molecule has 0 aromatic heterocycles. The zero-order valence-corrected chi connectivity index (χ0v) is 12.5. The summed E-state index contributed by atoms with van der Waals surface area (Å²) in [6.07, 6.45) is 2.95. The Kier molecular flexibility index (Phi) is 5.41. The van der Waals surface area contributed by atoms with E-state index in [1.165, 1.54) is 0 Å². The van der Waals surface area contributed by atoms with Crippen molar-refractivity contribution in [1.29, 1.82) is 0 Å². The van der Waals surface area contributed by atoms with Crippen molar-refractivity contribution in [3.63, 3.8) is 0 Å². The molecule has 2 amide bonds. The lowest BCUT2D eigenvalue weighted by atomic mass is 9.80.